The minimum absolute atomic E-state index is 0.0743. The van der Waals surface area contributed by atoms with Crippen LogP contribution in [0.15, 0.2) is 60.2 Å². The molecule has 1 aliphatic heterocycles. The Kier molecular flexibility index (Phi) is 6.30. The van der Waals surface area contributed by atoms with Crippen LogP contribution in [-0.2, 0) is 4.79 Å². The zero-order chi connectivity index (χ0) is 21.0. The van der Waals surface area contributed by atoms with Gasteiger partial charge in [-0.05, 0) is 24.4 Å². The van der Waals surface area contributed by atoms with Crippen LogP contribution < -0.4 is 16.0 Å². The third kappa shape index (κ3) is 5.01. The Morgan fingerprint density at radius 3 is 2.66 bits per heavy atom. The van der Waals surface area contributed by atoms with Crippen molar-refractivity contribution in [3.8, 4) is 0 Å². The largest absolute Gasteiger partial charge is 0.391 e. The van der Waals surface area contributed by atoms with Gasteiger partial charge in [-0.25, -0.2) is 14.4 Å². The number of aliphatic hydroxyl groups excluding tert-OH is 1. The molecule has 1 amide bonds. The second kappa shape index (κ2) is 8.89. The molecule has 2 unspecified atom stereocenters. The molecule has 1 aliphatic rings. The van der Waals surface area contributed by atoms with E-state index in [9.17, 15) is 14.3 Å². The van der Waals surface area contributed by atoms with E-state index in [1.807, 2.05) is 18.2 Å². The molecule has 0 bridgehead atoms. The average Bonchev–Trinajstić information content (AvgIpc) is 3.10. The lowest BCUT2D eigenvalue weighted by molar-refractivity contribution is -0.120. The number of rotatable bonds is 4. The summed E-state index contributed by atoms with van der Waals surface area (Å²) in [7, 11) is 0. The van der Waals surface area contributed by atoms with Crippen LogP contribution in [0.4, 0.5) is 10.2 Å². The summed E-state index contributed by atoms with van der Waals surface area (Å²) >= 11 is 5.13. The standard InChI is InChI=1S/C20H20FN5O2S/c1-12(21)14-7-8-17(23-10-14)26-11-15(27)9-16(26)19(28)25-20(29)24-18(22)13-5-3-2-4-6-13/h2-8,10,15-16,27H,1,9,11H2,(H3,22,24,25,28,29). The SMILES string of the molecule is C=C(F)c1ccc(N2CC(O)CC2C(=O)NC(=S)N=C(N)c2ccccc2)nc1. The summed E-state index contributed by atoms with van der Waals surface area (Å²) in [6.45, 7) is 3.44. The summed E-state index contributed by atoms with van der Waals surface area (Å²) in [6, 6.07) is 11.4. The summed E-state index contributed by atoms with van der Waals surface area (Å²) in [5, 5.41) is 12.5. The molecular formula is C20H20FN5O2S. The number of pyridine rings is 1. The van der Waals surface area contributed by atoms with Gasteiger partial charge in [-0.3, -0.25) is 10.1 Å². The number of nitrogens with two attached hydrogens (primary N) is 1. The number of aromatic nitrogens is 1. The van der Waals surface area contributed by atoms with Crippen molar-refractivity contribution >= 4 is 40.7 Å². The Bertz CT molecular complexity index is 949. The van der Waals surface area contributed by atoms with Crippen LogP contribution in [-0.4, -0.2) is 45.6 Å². The van der Waals surface area contributed by atoms with E-state index in [1.54, 1.807) is 23.1 Å². The van der Waals surface area contributed by atoms with Crippen LogP contribution in [0, 0.1) is 0 Å². The second-order valence-electron chi connectivity index (χ2n) is 6.53. The van der Waals surface area contributed by atoms with E-state index in [0.717, 1.165) is 0 Å². The fraction of sp³-hybridized carbons (Fsp3) is 0.200. The molecule has 0 saturated carbocycles. The van der Waals surface area contributed by atoms with Crippen LogP contribution >= 0.6 is 12.2 Å². The Morgan fingerprint density at radius 1 is 1.31 bits per heavy atom. The smallest absolute Gasteiger partial charge is 0.249 e. The highest BCUT2D eigenvalue weighted by molar-refractivity contribution is 7.80. The van der Waals surface area contributed by atoms with Crippen molar-refractivity contribution in [2.24, 2.45) is 10.7 Å². The number of benzene rings is 1. The van der Waals surface area contributed by atoms with Crippen LogP contribution in [0.25, 0.3) is 5.83 Å². The molecule has 0 aliphatic carbocycles. The third-order valence-corrected chi connectivity index (χ3v) is 4.65. The quantitative estimate of drug-likeness (QED) is 0.401. The molecule has 2 heterocycles. The zero-order valence-electron chi connectivity index (χ0n) is 15.5. The third-order valence-electron chi connectivity index (χ3n) is 4.46. The number of β-amino-alcohol motifs (C(OH)–C–C–N with tert-alkyl or cyclic N) is 1. The first-order valence-corrected chi connectivity index (χ1v) is 9.26. The maximum Gasteiger partial charge on any atom is 0.249 e. The van der Waals surface area contributed by atoms with E-state index in [4.69, 9.17) is 18.0 Å². The van der Waals surface area contributed by atoms with Gasteiger partial charge in [0.15, 0.2) is 0 Å². The lowest BCUT2D eigenvalue weighted by Gasteiger charge is -2.24. The molecule has 0 spiro atoms. The number of hydrogen-bond donors (Lipinski definition) is 3. The van der Waals surface area contributed by atoms with Crippen LogP contribution in [0.2, 0.25) is 0 Å². The lowest BCUT2D eigenvalue weighted by Crippen LogP contribution is -2.45. The Morgan fingerprint density at radius 2 is 2.03 bits per heavy atom. The number of anilines is 1. The molecule has 1 aromatic heterocycles. The highest BCUT2D eigenvalue weighted by Gasteiger charge is 2.37. The summed E-state index contributed by atoms with van der Waals surface area (Å²) in [4.78, 5) is 22.6. The Balaban J connectivity index is 1.71. The van der Waals surface area contributed by atoms with Gasteiger partial charge in [0.25, 0.3) is 0 Å². The fourth-order valence-electron chi connectivity index (χ4n) is 3.03. The van der Waals surface area contributed by atoms with Gasteiger partial charge in [-0.2, -0.15) is 0 Å². The van der Waals surface area contributed by atoms with Crippen molar-refractivity contribution in [2.45, 2.75) is 18.6 Å². The van der Waals surface area contributed by atoms with E-state index in [1.165, 1.54) is 12.3 Å². The molecule has 9 heteroatoms. The first-order valence-electron chi connectivity index (χ1n) is 8.85. The van der Waals surface area contributed by atoms with Crippen molar-refractivity contribution < 1.29 is 14.3 Å². The van der Waals surface area contributed by atoms with E-state index >= 15 is 0 Å². The van der Waals surface area contributed by atoms with Crippen LogP contribution in [0.3, 0.4) is 0 Å². The number of aliphatic imine (C=N–C) groups is 1. The number of halogens is 1. The zero-order valence-corrected chi connectivity index (χ0v) is 16.3. The first kappa shape index (κ1) is 20.6. The number of amidine groups is 1. The number of aliphatic hydroxyl groups is 1. The molecule has 1 saturated heterocycles. The maximum atomic E-state index is 13.2. The molecule has 2 aromatic rings. The molecule has 4 N–H and O–H groups in total. The minimum atomic E-state index is -0.713. The van der Waals surface area contributed by atoms with Gasteiger partial charge >= 0.3 is 0 Å². The Labute approximate surface area is 172 Å². The number of nitrogens with one attached hydrogen (secondary N) is 1. The van der Waals surface area contributed by atoms with Crippen LogP contribution in [0.5, 0.6) is 0 Å². The molecule has 29 heavy (non-hydrogen) atoms. The van der Waals surface area contributed by atoms with Gasteiger partial charge < -0.3 is 15.7 Å². The highest BCUT2D eigenvalue weighted by atomic mass is 32.1. The van der Waals surface area contributed by atoms with E-state index in [-0.39, 0.29) is 29.5 Å². The molecular weight excluding hydrogens is 393 g/mol. The average molecular weight is 413 g/mol. The van der Waals surface area contributed by atoms with Gasteiger partial charge in [-0.15, -0.1) is 0 Å². The van der Waals surface area contributed by atoms with Gasteiger partial charge in [0, 0.05) is 30.3 Å². The van der Waals surface area contributed by atoms with Crippen molar-refractivity contribution in [3.05, 3.63) is 66.4 Å². The van der Waals surface area contributed by atoms with E-state index in [2.05, 4.69) is 21.9 Å². The van der Waals surface area contributed by atoms with E-state index < -0.39 is 23.9 Å². The number of hydrogen-bond acceptors (Lipinski definition) is 5. The van der Waals surface area contributed by atoms with Crippen molar-refractivity contribution in [2.75, 3.05) is 11.4 Å². The predicted octanol–water partition coefficient (Wildman–Crippen LogP) is 1.77. The first-order chi connectivity index (χ1) is 13.8. The summed E-state index contributed by atoms with van der Waals surface area (Å²) in [5.41, 5.74) is 6.85. The monoisotopic (exact) mass is 413 g/mol. The summed E-state index contributed by atoms with van der Waals surface area (Å²) < 4.78 is 13.2. The van der Waals surface area contributed by atoms with Crippen molar-refractivity contribution in [1.82, 2.24) is 10.3 Å². The fourth-order valence-corrected chi connectivity index (χ4v) is 3.23. The number of carbonyl (C=O) groups is 1. The predicted molar refractivity (Wildman–Crippen MR) is 114 cm³/mol. The minimum Gasteiger partial charge on any atom is -0.391 e. The van der Waals surface area contributed by atoms with Gasteiger partial charge in [0.2, 0.25) is 11.0 Å². The summed E-state index contributed by atoms with van der Waals surface area (Å²) in [6.07, 6.45) is 0.813. The molecule has 1 aromatic carbocycles. The normalized spacial score (nSPS) is 19.1. The Hall–Kier alpha value is -3.17. The van der Waals surface area contributed by atoms with Crippen molar-refractivity contribution in [1.29, 1.82) is 0 Å². The molecule has 7 nitrogen and oxygen atoms in total. The topological polar surface area (TPSA) is 104 Å². The molecule has 2 atom stereocenters. The number of nitrogens with zero attached hydrogens (tertiary/aromatic N) is 3. The molecule has 150 valence electrons. The lowest BCUT2D eigenvalue weighted by atomic mass is 10.2. The number of thiocarbonyl (C=S) groups is 1. The van der Waals surface area contributed by atoms with E-state index in [0.29, 0.717) is 11.4 Å². The highest BCUT2D eigenvalue weighted by Crippen LogP contribution is 2.25. The van der Waals surface area contributed by atoms with Crippen LogP contribution in [0.1, 0.15) is 17.5 Å². The molecule has 0 radical (unpaired) electrons. The number of carbonyl (C=O) groups excluding carboxylic acids is 1. The summed E-state index contributed by atoms with van der Waals surface area (Å²) in [5.74, 6) is -0.413. The van der Waals surface area contributed by atoms with Gasteiger partial charge in [0.1, 0.15) is 23.5 Å². The number of amides is 1. The molecule has 3 rings (SSSR count). The van der Waals surface area contributed by atoms with Crippen molar-refractivity contribution in [3.63, 3.8) is 0 Å². The maximum absolute atomic E-state index is 13.2. The molecule has 1 fully saturated rings. The van der Waals surface area contributed by atoms with Gasteiger partial charge in [0.05, 0.1) is 6.10 Å². The van der Waals surface area contributed by atoms with Gasteiger partial charge in [-0.1, -0.05) is 36.9 Å². The second-order valence-corrected chi connectivity index (χ2v) is 6.91.